The van der Waals surface area contributed by atoms with E-state index in [0.29, 0.717) is 18.1 Å². The molecule has 0 saturated carbocycles. The minimum Gasteiger partial charge on any atom is -0.311 e. The van der Waals surface area contributed by atoms with Gasteiger partial charge in [-0.2, -0.15) is 0 Å². The Hall–Kier alpha value is -1.46. The number of rotatable bonds is 5. The average molecular weight is 289 g/mol. The molecule has 0 spiro atoms. The Bertz CT molecular complexity index is 508. The maximum Gasteiger partial charge on any atom is 0.272 e. The molecular weight excluding hydrogens is 266 g/mol. The molecule has 0 radical (unpaired) electrons. The molecule has 0 aromatic heterocycles. The van der Waals surface area contributed by atoms with Crippen LogP contribution in [-0.4, -0.2) is 41.5 Å². The summed E-state index contributed by atoms with van der Waals surface area (Å²) in [5.74, 6) is 0. The molecule has 2 bridgehead atoms. The zero-order chi connectivity index (χ0) is 14.8. The highest BCUT2D eigenvalue weighted by Crippen LogP contribution is 2.29. The van der Waals surface area contributed by atoms with Gasteiger partial charge in [-0.15, -0.1) is 0 Å². The van der Waals surface area contributed by atoms with Gasteiger partial charge in [-0.1, -0.05) is 18.2 Å². The lowest BCUT2D eigenvalue weighted by Gasteiger charge is -2.35. The normalized spacial score (nSPS) is 28.0. The number of benzene rings is 1. The van der Waals surface area contributed by atoms with Crippen LogP contribution in [0.1, 0.15) is 31.2 Å². The van der Waals surface area contributed by atoms with Crippen molar-refractivity contribution in [3.63, 3.8) is 0 Å². The molecule has 1 aromatic carbocycles. The van der Waals surface area contributed by atoms with Crippen molar-refractivity contribution in [2.45, 2.75) is 50.2 Å². The minimum absolute atomic E-state index is 0.247. The summed E-state index contributed by atoms with van der Waals surface area (Å²) in [5.41, 5.74) is 1.09. The summed E-state index contributed by atoms with van der Waals surface area (Å²) in [6.07, 6.45) is 5.78. The second-order valence-corrected chi connectivity index (χ2v) is 6.38. The lowest BCUT2D eigenvalue weighted by atomic mass is 9.98. The minimum atomic E-state index is -0.278. The highest BCUT2D eigenvalue weighted by Gasteiger charge is 2.34. The van der Waals surface area contributed by atoms with Gasteiger partial charge in [0.1, 0.15) is 0 Å². The number of nitrogens with zero attached hydrogens (tertiary/aromatic N) is 2. The fourth-order valence-corrected chi connectivity index (χ4v) is 3.77. The fraction of sp³-hybridized carbons (Fsp3) is 0.625. The van der Waals surface area contributed by atoms with Crippen molar-refractivity contribution < 1.29 is 4.92 Å². The number of hydrogen-bond acceptors (Lipinski definition) is 4. The van der Waals surface area contributed by atoms with Crippen LogP contribution in [0, 0.1) is 10.1 Å². The van der Waals surface area contributed by atoms with Gasteiger partial charge in [-0.05, 0) is 39.2 Å². The molecule has 3 rings (SSSR count). The van der Waals surface area contributed by atoms with Crippen LogP contribution in [0.2, 0.25) is 0 Å². The van der Waals surface area contributed by atoms with Gasteiger partial charge in [0, 0.05) is 36.3 Å². The molecule has 2 heterocycles. The number of nitrogens with one attached hydrogen (secondary N) is 1. The largest absolute Gasteiger partial charge is 0.311 e. The number of likely N-dealkylation sites (N-methyl/N-ethyl adjacent to an activating group) is 1. The molecule has 114 valence electrons. The molecule has 2 atom stereocenters. The van der Waals surface area contributed by atoms with Crippen LogP contribution in [0.25, 0.3) is 0 Å². The Balaban J connectivity index is 1.59. The molecule has 5 heteroatoms. The summed E-state index contributed by atoms with van der Waals surface area (Å²) in [6.45, 7) is 0.884. The van der Waals surface area contributed by atoms with Crippen LogP contribution in [0.3, 0.4) is 0 Å². The van der Waals surface area contributed by atoms with E-state index in [-0.39, 0.29) is 10.6 Å². The average Bonchev–Trinajstić information content (AvgIpc) is 2.83. The smallest absolute Gasteiger partial charge is 0.272 e. The van der Waals surface area contributed by atoms with E-state index in [1.807, 2.05) is 12.1 Å². The number of piperidine rings is 1. The lowest BCUT2D eigenvalue weighted by molar-refractivity contribution is -0.385. The maximum absolute atomic E-state index is 11.0. The number of nitro benzene ring substituents is 1. The van der Waals surface area contributed by atoms with E-state index in [4.69, 9.17) is 0 Å². The third-order valence-electron chi connectivity index (χ3n) is 4.99. The van der Waals surface area contributed by atoms with Crippen molar-refractivity contribution in [3.8, 4) is 0 Å². The third-order valence-corrected chi connectivity index (χ3v) is 4.99. The molecule has 2 fully saturated rings. The first-order valence-electron chi connectivity index (χ1n) is 7.82. The predicted octanol–water partition coefficient (Wildman–Crippen LogP) is 2.35. The predicted molar refractivity (Wildman–Crippen MR) is 82.4 cm³/mol. The van der Waals surface area contributed by atoms with Crippen molar-refractivity contribution in [1.82, 2.24) is 10.2 Å². The molecule has 0 amide bonds. The van der Waals surface area contributed by atoms with Gasteiger partial charge in [0.25, 0.3) is 5.69 Å². The second kappa shape index (κ2) is 6.12. The van der Waals surface area contributed by atoms with Gasteiger partial charge in [0.2, 0.25) is 0 Å². The first-order chi connectivity index (χ1) is 10.1. The first-order valence-corrected chi connectivity index (χ1v) is 7.82. The maximum atomic E-state index is 11.0. The van der Waals surface area contributed by atoms with Gasteiger partial charge in [-0.25, -0.2) is 0 Å². The van der Waals surface area contributed by atoms with E-state index >= 15 is 0 Å². The van der Waals surface area contributed by atoms with E-state index in [2.05, 4.69) is 17.3 Å². The Morgan fingerprint density at radius 3 is 2.62 bits per heavy atom. The van der Waals surface area contributed by atoms with Gasteiger partial charge >= 0.3 is 0 Å². The van der Waals surface area contributed by atoms with Gasteiger partial charge in [-0.3, -0.25) is 10.1 Å². The van der Waals surface area contributed by atoms with Gasteiger partial charge in [0.15, 0.2) is 0 Å². The molecule has 2 aliphatic heterocycles. The number of hydrogen-bond donors (Lipinski definition) is 1. The summed E-state index contributed by atoms with van der Waals surface area (Å²) in [7, 11) is 2.16. The zero-order valence-electron chi connectivity index (χ0n) is 12.5. The van der Waals surface area contributed by atoms with E-state index in [1.165, 1.54) is 25.7 Å². The number of nitro groups is 1. The van der Waals surface area contributed by atoms with Crippen molar-refractivity contribution in [2.75, 3.05) is 13.6 Å². The van der Waals surface area contributed by atoms with Crippen LogP contribution in [0.4, 0.5) is 5.69 Å². The quantitative estimate of drug-likeness (QED) is 0.668. The standard InChI is InChI=1S/C16H23N3O2/c1-18(15-10-13-6-7-14(11-15)17-13)9-8-12-4-2-3-5-16(12)19(20)21/h2-5,13-15,17H,6-11H2,1H3. The molecule has 21 heavy (non-hydrogen) atoms. The van der Waals surface area contributed by atoms with E-state index < -0.39 is 0 Å². The summed E-state index contributed by atoms with van der Waals surface area (Å²) < 4.78 is 0. The lowest BCUT2D eigenvalue weighted by Crippen LogP contribution is -2.47. The molecular formula is C16H23N3O2. The SMILES string of the molecule is CN(CCc1ccccc1[N+](=O)[O-])C1CC2CCC(C1)N2. The van der Waals surface area contributed by atoms with Gasteiger partial charge < -0.3 is 10.2 Å². The summed E-state index contributed by atoms with van der Waals surface area (Å²) in [6, 6.07) is 9.07. The molecule has 5 nitrogen and oxygen atoms in total. The molecule has 1 aromatic rings. The topological polar surface area (TPSA) is 58.4 Å². The molecule has 1 N–H and O–H groups in total. The Morgan fingerprint density at radius 2 is 1.95 bits per heavy atom. The second-order valence-electron chi connectivity index (χ2n) is 6.38. The summed E-state index contributed by atoms with van der Waals surface area (Å²) in [4.78, 5) is 13.2. The van der Waals surface area contributed by atoms with Crippen LogP contribution in [0.5, 0.6) is 0 Å². The zero-order valence-corrected chi connectivity index (χ0v) is 12.5. The summed E-state index contributed by atoms with van der Waals surface area (Å²) >= 11 is 0. The summed E-state index contributed by atoms with van der Waals surface area (Å²) in [5, 5.41) is 14.7. The Labute approximate surface area is 125 Å². The highest BCUT2D eigenvalue weighted by molar-refractivity contribution is 5.39. The van der Waals surface area contributed by atoms with Gasteiger partial charge in [0.05, 0.1) is 4.92 Å². The van der Waals surface area contributed by atoms with E-state index in [9.17, 15) is 10.1 Å². The van der Waals surface area contributed by atoms with Crippen molar-refractivity contribution in [3.05, 3.63) is 39.9 Å². The monoisotopic (exact) mass is 289 g/mol. The molecule has 2 saturated heterocycles. The van der Waals surface area contributed by atoms with E-state index in [0.717, 1.165) is 18.5 Å². The van der Waals surface area contributed by atoms with Crippen LogP contribution < -0.4 is 5.32 Å². The third kappa shape index (κ3) is 3.24. The van der Waals surface area contributed by atoms with Crippen molar-refractivity contribution in [1.29, 1.82) is 0 Å². The van der Waals surface area contributed by atoms with Crippen molar-refractivity contribution >= 4 is 5.69 Å². The Morgan fingerprint density at radius 1 is 1.29 bits per heavy atom. The number of para-hydroxylation sites is 1. The molecule has 0 aliphatic carbocycles. The van der Waals surface area contributed by atoms with Crippen LogP contribution in [0.15, 0.2) is 24.3 Å². The van der Waals surface area contributed by atoms with E-state index in [1.54, 1.807) is 12.1 Å². The highest BCUT2D eigenvalue weighted by atomic mass is 16.6. The van der Waals surface area contributed by atoms with Crippen LogP contribution in [-0.2, 0) is 6.42 Å². The first kappa shape index (κ1) is 14.5. The molecule has 2 aliphatic rings. The fourth-order valence-electron chi connectivity index (χ4n) is 3.77. The Kier molecular flexibility index (Phi) is 4.22. The van der Waals surface area contributed by atoms with Crippen LogP contribution >= 0.6 is 0 Å². The van der Waals surface area contributed by atoms with Crippen molar-refractivity contribution in [2.24, 2.45) is 0 Å². The molecule has 2 unspecified atom stereocenters. The number of fused-ring (bicyclic) bond motifs is 2.